The number of hydrogen-bond donors (Lipinski definition) is 0. The standard InChI is InChI=1S/C28H27N3O3/c1-33-28(32)27-18-23-17-24(9-10-26(23)34-27)31-14-12-30(13-15-31)11-3-2-4-21-7-8-22-6-5-20(19-29)16-25(21)22/h2,4-7,9-10,16-18H,3,8,11-15H2,1H3/b4-2+. The van der Waals surface area contributed by atoms with E-state index < -0.39 is 5.97 Å². The summed E-state index contributed by atoms with van der Waals surface area (Å²) in [7, 11) is 1.35. The number of nitriles is 1. The number of methoxy groups -OCH3 is 1. The Morgan fingerprint density at radius 1 is 1.15 bits per heavy atom. The van der Waals surface area contributed by atoms with E-state index in [2.05, 4.69) is 52.3 Å². The number of carbonyl (C=O) groups is 1. The SMILES string of the molecule is COC(=O)c1cc2cc(N3CCN(CC/C=C/C4=CCc5ccc(C#N)cc54)CC3)ccc2o1. The van der Waals surface area contributed by atoms with Crippen LogP contribution < -0.4 is 4.90 Å². The predicted molar refractivity (Wildman–Crippen MR) is 133 cm³/mol. The zero-order chi connectivity index (χ0) is 23.5. The van der Waals surface area contributed by atoms with Gasteiger partial charge in [-0.3, -0.25) is 4.90 Å². The molecular weight excluding hydrogens is 426 g/mol. The fourth-order valence-electron chi connectivity index (χ4n) is 4.71. The number of ether oxygens (including phenoxy) is 1. The van der Waals surface area contributed by atoms with Crippen molar-refractivity contribution in [3.8, 4) is 6.07 Å². The lowest BCUT2D eigenvalue weighted by Gasteiger charge is -2.36. The molecule has 1 aliphatic heterocycles. The van der Waals surface area contributed by atoms with Gasteiger partial charge in [0, 0.05) is 43.8 Å². The summed E-state index contributed by atoms with van der Waals surface area (Å²) in [6.45, 7) is 4.99. The average molecular weight is 454 g/mol. The molecule has 0 bridgehead atoms. The quantitative estimate of drug-likeness (QED) is 0.500. The summed E-state index contributed by atoms with van der Waals surface area (Å²) in [5.74, 6) is -0.226. The van der Waals surface area contributed by atoms with Gasteiger partial charge in [0.2, 0.25) is 5.76 Å². The van der Waals surface area contributed by atoms with Crippen molar-refractivity contribution in [2.45, 2.75) is 12.8 Å². The third-order valence-electron chi connectivity index (χ3n) is 6.63. The Labute approximate surface area is 199 Å². The van der Waals surface area contributed by atoms with Crippen LogP contribution in [-0.2, 0) is 11.2 Å². The van der Waals surface area contributed by atoms with Crippen LogP contribution in [0.1, 0.15) is 33.7 Å². The lowest BCUT2D eigenvalue weighted by atomic mass is 10.0. The van der Waals surface area contributed by atoms with Gasteiger partial charge in [-0.25, -0.2) is 4.79 Å². The topological polar surface area (TPSA) is 69.7 Å². The van der Waals surface area contributed by atoms with Crippen molar-refractivity contribution in [1.29, 1.82) is 5.26 Å². The maximum Gasteiger partial charge on any atom is 0.373 e. The van der Waals surface area contributed by atoms with Gasteiger partial charge in [-0.1, -0.05) is 24.3 Å². The zero-order valence-corrected chi connectivity index (χ0v) is 19.3. The first-order valence-corrected chi connectivity index (χ1v) is 11.6. The fraction of sp³-hybridized carbons (Fsp3) is 0.286. The molecule has 1 aliphatic carbocycles. The van der Waals surface area contributed by atoms with Crippen LogP contribution in [0, 0.1) is 11.3 Å². The highest BCUT2D eigenvalue weighted by molar-refractivity contribution is 5.93. The zero-order valence-electron chi connectivity index (χ0n) is 19.3. The number of furan rings is 1. The lowest BCUT2D eigenvalue weighted by molar-refractivity contribution is 0.0567. The molecule has 3 aromatic rings. The summed E-state index contributed by atoms with van der Waals surface area (Å²) in [5.41, 5.74) is 6.27. The largest absolute Gasteiger partial charge is 0.463 e. The molecule has 0 atom stereocenters. The Morgan fingerprint density at radius 3 is 2.79 bits per heavy atom. The monoisotopic (exact) mass is 453 g/mol. The van der Waals surface area contributed by atoms with Crippen LogP contribution in [0.4, 0.5) is 5.69 Å². The maximum atomic E-state index is 11.7. The summed E-state index contributed by atoms with van der Waals surface area (Å²) in [4.78, 5) is 16.6. The van der Waals surface area contributed by atoms with E-state index in [4.69, 9.17) is 14.4 Å². The molecule has 2 aromatic carbocycles. The number of benzene rings is 2. The van der Waals surface area contributed by atoms with Gasteiger partial charge in [-0.2, -0.15) is 5.26 Å². The van der Waals surface area contributed by atoms with Crippen LogP contribution in [0.2, 0.25) is 0 Å². The van der Waals surface area contributed by atoms with E-state index in [1.165, 1.54) is 23.8 Å². The number of piperazine rings is 1. The van der Waals surface area contributed by atoms with Crippen LogP contribution in [0.25, 0.3) is 16.5 Å². The van der Waals surface area contributed by atoms with Crippen LogP contribution in [0.15, 0.2) is 65.1 Å². The molecule has 0 saturated carbocycles. The molecule has 172 valence electrons. The molecule has 0 radical (unpaired) electrons. The lowest BCUT2D eigenvalue weighted by Crippen LogP contribution is -2.46. The minimum absolute atomic E-state index is 0.231. The van der Waals surface area contributed by atoms with Gasteiger partial charge in [0.15, 0.2) is 0 Å². The molecule has 1 saturated heterocycles. The minimum Gasteiger partial charge on any atom is -0.463 e. The molecule has 34 heavy (non-hydrogen) atoms. The normalized spacial score (nSPS) is 16.0. The number of allylic oxidation sites excluding steroid dienone is 3. The molecule has 0 N–H and O–H groups in total. The van der Waals surface area contributed by atoms with Crippen molar-refractivity contribution >= 4 is 28.2 Å². The van der Waals surface area contributed by atoms with Gasteiger partial charge in [0.1, 0.15) is 5.58 Å². The molecule has 0 amide bonds. The molecule has 6 nitrogen and oxygen atoms in total. The van der Waals surface area contributed by atoms with Crippen LogP contribution >= 0.6 is 0 Å². The molecule has 5 rings (SSSR count). The van der Waals surface area contributed by atoms with Crippen molar-refractivity contribution in [2.24, 2.45) is 0 Å². The van der Waals surface area contributed by atoms with E-state index in [1.54, 1.807) is 6.07 Å². The Balaban J connectivity index is 1.13. The van der Waals surface area contributed by atoms with Gasteiger partial charge in [0.05, 0.1) is 18.7 Å². The maximum absolute atomic E-state index is 11.7. The van der Waals surface area contributed by atoms with Crippen molar-refractivity contribution in [3.05, 3.63) is 83.1 Å². The molecule has 2 heterocycles. The molecule has 1 aromatic heterocycles. The van der Waals surface area contributed by atoms with Crippen molar-refractivity contribution in [3.63, 3.8) is 0 Å². The second-order valence-electron chi connectivity index (χ2n) is 8.69. The van der Waals surface area contributed by atoms with E-state index >= 15 is 0 Å². The third-order valence-corrected chi connectivity index (χ3v) is 6.63. The third kappa shape index (κ3) is 4.48. The Morgan fingerprint density at radius 2 is 2.00 bits per heavy atom. The molecular formula is C28H27N3O3. The first kappa shape index (κ1) is 22.0. The summed E-state index contributed by atoms with van der Waals surface area (Å²) in [6, 6.07) is 16.0. The predicted octanol–water partition coefficient (Wildman–Crippen LogP) is 4.80. The summed E-state index contributed by atoms with van der Waals surface area (Å²) < 4.78 is 10.3. The highest BCUT2D eigenvalue weighted by atomic mass is 16.5. The van der Waals surface area contributed by atoms with Crippen molar-refractivity contribution in [2.75, 3.05) is 44.7 Å². The smallest absolute Gasteiger partial charge is 0.373 e. The Kier molecular flexibility index (Phi) is 6.20. The molecule has 0 spiro atoms. The Bertz CT molecular complexity index is 1320. The van der Waals surface area contributed by atoms with E-state index in [9.17, 15) is 4.79 Å². The Hall–Kier alpha value is -3.82. The second-order valence-corrected chi connectivity index (χ2v) is 8.69. The van der Waals surface area contributed by atoms with Crippen molar-refractivity contribution < 1.29 is 13.9 Å². The van der Waals surface area contributed by atoms with Gasteiger partial charge < -0.3 is 14.1 Å². The molecule has 0 unspecified atom stereocenters. The number of carbonyl (C=O) groups excluding carboxylic acids is 1. The number of nitrogens with zero attached hydrogens (tertiary/aromatic N) is 3. The first-order chi connectivity index (χ1) is 16.6. The molecule has 6 heteroatoms. The highest BCUT2D eigenvalue weighted by Gasteiger charge is 2.19. The number of hydrogen-bond acceptors (Lipinski definition) is 6. The highest BCUT2D eigenvalue weighted by Crippen LogP contribution is 2.29. The van der Waals surface area contributed by atoms with Gasteiger partial charge in [-0.05, 0) is 65.9 Å². The number of fused-ring (bicyclic) bond motifs is 2. The number of anilines is 1. The van der Waals surface area contributed by atoms with Crippen LogP contribution in [0.5, 0.6) is 0 Å². The van der Waals surface area contributed by atoms with Gasteiger partial charge in [-0.15, -0.1) is 0 Å². The van der Waals surface area contributed by atoms with Crippen LogP contribution in [-0.4, -0.2) is 50.7 Å². The second kappa shape index (κ2) is 9.58. The molecule has 1 fully saturated rings. The summed E-state index contributed by atoms with van der Waals surface area (Å²) >= 11 is 0. The van der Waals surface area contributed by atoms with Crippen LogP contribution in [0.3, 0.4) is 0 Å². The van der Waals surface area contributed by atoms with Crippen molar-refractivity contribution in [1.82, 2.24) is 4.90 Å². The first-order valence-electron chi connectivity index (χ1n) is 11.6. The summed E-state index contributed by atoms with van der Waals surface area (Å²) in [5, 5.41) is 10.1. The van der Waals surface area contributed by atoms with E-state index in [1.807, 2.05) is 18.2 Å². The van der Waals surface area contributed by atoms with Gasteiger partial charge in [0.25, 0.3) is 0 Å². The average Bonchev–Trinajstić information content (AvgIpc) is 3.49. The minimum atomic E-state index is -0.458. The fourth-order valence-corrected chi connectivity index (χ4v) is 4.71. The van der Waals surface area contributed by atoms with Gasteiger partial charge >= 0.3 is 5.97 Å². The summed E-state index contributed by atoms with van der Waals surface area (Å²) in [6.07, 6.45) is 8.63. The van der Waals surface area contributed by atoms with E-state index in [0.29, 0.717) is 11.1 Å². The number of rotatable bonds is 6. The number of esters is 1. The van der Waals surface area contributed by atoms with E-state index in [0.717, 1.165) is 56.6 Å². The van der Waals surface area contributed by atoms with E-state index in [-0.39, 0.29) is 5.76 Å². The molecule has 2 aliphatic rings.